The van der Waals surface area contributed by atoms with Crippen LogP contribution in [0.5, 0.6) is 5.75 Å². The van der Waals surface area contributed by atoms with Gasteiger partial charge >= 0.3 is 0 Å². The molecule has 0 saturated carbocycles. The Bertz CT molecular complexity index is 876. The number of rotatable bonds is 2. The number of benzene rings is 3. The summed E-state index contributed by atoms with van der Waals surface area (Å²) in [6, 6.07) is 21.6. The lowest BCUT2D eigenvalue weighted by molar-refractivity contribution is 0.237. The van der Waals surface area contributed by atoms with Crippen LogP contribution in [0.15, 0.2) is 60.7 Å². The summed E-state index contributed by atoms with van der Waals surface area (Å²) >= 11 is 0. The van der Waals surface area contributed by atoms with Gasteiger partial charge in [0.1, 0.15) is 11.9 Å². The van der Waals surface area contributed by atoms with E-state index in [0.717, 1.165) is 12.2 Å². The molecule has 3 aromatic carbocycles. The van der Waals surface area contributed by atoms with Crippen molar-refractivity contribution < 1.29 is 4.74 Å². The molecule has 1 heterocycles. The molecular weight excluding hydrogens is 292 g/mol. The van der Waals surface area contributed by atoms with E-state index in [9.17, 15) is 0 Å². The number of ether oxygens (including phenoxy) is 1. The Morgan fingerprint density at radius 3 is 2.17 bits per heavy atom. The van der Waals surface area contributed by atoms with Crippen molar-refractivity contribution in [2.75, 3.05) is 0 Å². The molecule has 3 aromatic rings. The molecule has 1 aliphatic heterocycles. The maximum absolute atomic E-state index is 6.33. The van der Waals surface area contributed by atoms with Gasteiger partial charge in [0.15, 0.2) is 0 Å². The highest BCUT2D eigenvalue weighted by atomic mass is 16.5. The lowest BCUT2D eigenvalue weighted by Gasteiger charge is -2.13. The average Bonchev–Trinajstić information content (AvgIpc) is 3.07. The molecule has 0 fully saturated rings. The minimum absolute atomic E-state index is 0.129. The Kier molecular flexibility index (Phi) is 3.65. The van der Waals surface area contributed by atoms with E-state index in [-0.39, 0.29) is 6.10 Å². The van der Waals surface area contributed by atoms with Gasteiger partial charge < -0.3 is 4.74 Å². The fourth-order valence-corrected chi connectivity index (χ4v) is 3.59. The fraction of sp³-hybridized carbons (Fsp3) is 0.217. The maximum atomic E-state index is 6.33. The predicted octanol–water partition coefficient (Wildman–Crippen LogP) is 5.96. The molecule has 0 radical (unpaired) electrons. The Morgan fingerprint density at radius 2 is 1.46 bits per heavy atom. The van der Waals surface area contributed by atoms with Gasteiger partial charge in [-0.3, -0.25) is 0 Å². The van der Waals surface area contributed by atoms with Crippen molar-refractivity contribution in [3.63, 3.8) is 0 Å². The largest absolute Gasteiger partial charge is 0.485 e. The molecule has 1 aliphatic rings. The first-order valence-electron chi connectivity index (χ1n) is 8.55. The highest BCUT2D eigenvalue weighted by molar-refractivity contribution is 5.63. The molecule has 1 unspecified atom stereocenters. The highest BCUT2D eigenvalue weighted by Gasteiger charge is 2.27. The fourth-order valence-electron chi connectivity index (χ4n) is 3.59. The van der Waals surface area contributed by atoms with Crippen LogP contribution in [-0.4, -0.2) is 0 Å². The van der Waals surface area contributed by atoms with Crippen molar-refractivity contribution in [2.24, 2.45) is 0 Å². The van der Waals surface area contributed by atoms with Gasteiger partial charge in [-0.05, 0) is 54.2 Å². The summed E-state index contributed by atoms with van der Waals surface area (Å²) in [6.45, 7) is 6.51. The van der Waals surface area contributed by atoms with E-state index in [4.69, 9.17) is 4.74 Å². The molecule has 1 atom stereocenters. The van der Waals surface area contributed by atoms with Gasteiger partial charge in [0.25, 0.3) is 0 Å². The summed E-state index contributed by atoms with van der Waals surface area (Å²) in [5, 5.41) is 0. The second kappa shape index (κ2) is 5.83. The van der Waals surface area contributed by atoms with Crippen molar-refractivity contribution in [2.45, 2.75) is 33.3 Å². The zero-order chi connectivity index (χ0) is 16.7. The number of fused-ring (bicyclic) bond motifs is 1. The minimum atomic E-state index is 0.129. The SMILES string of the molecule is Cc1cc(C)c2c(c1C)OC(c1ccc(-c3ccccc3)cc1)C2. The van der Waals surface area contributed by atoms with Crippen LogP contribution in [0.1, 0.15) is 33.9 Å². The summed E-state index contributed by atoms with van der Waals surface area (Å²) < 4.78 is 6.33. The monoisotopic (exact) mass is 314 g/mol. The summed E-state index contributed by atoms with van der Waals surface area (Å²) in [5.41, 5.74) is 9.06. The lowest BCUT2D eigenvalue weighted by atomic mass is 9.95. The van der Waals surface area contributed by atoms with Crippen LogP contribution in [0, 0.1) is 20.8 Å². The summed E-state index contributed by atoms with van der Waals surface area (Å²) in [7, 11) is 0. The highest BCUT2D eigenvalue weighted by Crippen LogP contribution is 2.42. The molecule has 0 N–H and O–H groups in total. The van der Waals surface area contributed by atoms with E-state index in [0.29, 0.717) is 0 Å². The molecule has 0 saturated heterocycles. The van der Waals surface area contributed by atoms with Crippen LogP contribution in [0.3, 0.4) is 0 Å². The first-order valence-corrected chi connectivity index (χ1v) is 8.55. The van der Waals surface area contributed by atoms with Crippen molar-refractivity contribution in [1.82, 2.24) is 0 Å². The lowest BCUT2D eigenvalue weighted by Crippen LogP contribution is -2.03. The van der Waals surface area contributed by atoms with Gasteiger partial charge in [0.05, 0.1) is 0 Å². The van der Waals surface area contributed by atoms with Crippen LogP contribution in [0.4, 0.5) is 0 Å². The van der Waals surface area contributed by atoms with E-state index < -0.39 is 0 Å². The quantitative estimate of drug-likeness (QED) is 0.567. The minimum Gasteiger partial charge on any atom is -0.485 e. The van der Waals surface area contributed by atoms with Crippen LogP contribution in [-0.2, 0) is 6.42 Å². The number of aryl methyl sites for hydroxylation is 2. The van der Waals surface area contributed by atoms with Gasteiger partial charge in [-0.1, -0.05) is 60.7 Å². The standard InChI is InChI=1S/C23H22O/c1-15-13-16(2)21-14-22(24-23(21)17(15)3)20-11-9-19(10-12-20)18-7-5-4-6-8-18/h4-13,22H,14H2,1-3H3. The summed E-state index contributed by atoms with van der Waals surface area (Å²) in [4.78, 5) is 0. The van der Waals surface area contributed by atoms with Crippen LogP contribution >= 0.6 is 0 Å². The third-order valence-corrected chi connectivity index (χ3v) is 5.15. The van der Waals surface area contributed by atoms with E-state index in [1.54, 1.807) is 0 Å². The number of hydrogen-bond donors (Lipinski definition) is 0. The van der Waals surface area contributed by atoms with Crippen LogP contribution in [0.2, 0.25) is 0 Å². The van der Waals surface area contributed by atoms with Gasteiger partial charge in [-0.15, -0.1) is 0 Å². The van der Waals surface area contributed by atoms with Crippen LogP contribution < -0.4 is 4.74 Å². The first-order chi connectivity index (χ1) is 11.6. The second-order valence-electron chi connectivity index (χ2n) is 6.74. The average molecular weight is 314 g/mol. The van der Waals surface area contributed by atoms with E-state index in [1.807, 2.05) is 6.07 Å². The van der Waals surface area contributed by atoms with Gasteiger partial charge in [-0.2, -0.15) is 0 Å². The smallest absolute Gasteiger partial charge is 0.128 e. The van der Waals surface area contributed by atoms with Gasteiger partial charge in [-0.25, -0.2) is 0 Å². The molecule has 0 bridgehead atoms. The third-order valence-electron chi connectivity index (χ3n) is 5.15. The summed E-state index contributed by atoms with van der Waals surface area (Å²) in [6.07, 6.45) is 1.09. The Hall–Kier alpha value is -2.54. The molecule has 120 valence electrons. The normalized spacial score (nSPS) is 15.9. The van der Waals surface area contributed by atoms with Gasteiger partial charge in [0, 0.05) is 12.0 Å². The van der Waals surface area contributed by atoms with E-state index in [1.165, 1.54) is 38.9 Å². The topological polar surface area (TPSA) is 9.23 Å². The Labute approximate surface area is 143 Å². The molecular formula is C23H22O. The van der Waals surface area contributed by atoms with Crippen molar-refractivity contribution in [3.05, 3.63) is 88.5 Å². The molecule has 0 aliphatic carbocycles. The molecule has 4 rings (SSSR count). The predicted molar refractivity (Wildman–Crippen MR) is 99.6 cm³/mol. The van der Waals surface area contributed by atoms with E-state index in [2.05, 4.69) is 75.4 Å². The third kappa shape index (κ3) is 2.50. The Balaban J connectivity index is 1.62. The van der Waals surface area contributed by atoms with Crippen molar-refractivity contribution in [3.8, 4) is 16.9 Å². The summed E-state index contributed by atoms with van der Waals surface area (Å²) in [5.74, 6) is 1.10. The van der Waals surface area contributed by atoms with Crippen LogP contribution in [0.25, 0.3) is 11.1 Å². The Morgan fingerprint density at radius 1 is 0.792 bits per heavy atom. The molecule has 1 heteroatoms. The molecule has 1 nitrogen and oxygen atoms in total. The number of hydrogen-bond acceptors (Lipinski definition) is 1. The maximum Gasteiger partial charge on any atom is 0.128 e. The zero-order valence-electron chi connectivity index (χ0n) is 14.5. The zero-order valence-corrected chi connectivity index (χ0v) is 14.5. The first kappa shape index (κ1) is 15.0. The van der Waals surface area contributed by atoms with Crippen molar-refractivity contribution >= 4 is 0 Å². The second-order valence-corrected chi connectivity index (χ2v) is 6.74. The molecule has 24 heavy (non-hydrogen) atoms. The molecule has 0 amide bonds. The van der Waals surface area contributed by atoms with E-state index >= 15 is 0 Å². The molecule has 0 spiro atoms. The van der Waals surface area contributed by atoms with Gasteiger partial charge in [0.2, 0.25) is 0 Å². The van der Waals surface area contributed by atoms with Crippen molar-refractivity contribution in [1.29, 1.82) is 0 Å². The molecule has 0 aromatic heterocycles.